The SMILES string of the molecule is C=CCc1cc(/C=C2\C(=O)NC(=O)N(c3ccc(C)c(C)c3)C2=O)ccc1OCc1ccc2c(c1)OCO2. The van der Waals surface area contributed by atoms with Crippen LogP contribution in [0.1, 0.15) is 27.8 Å². The van der Waals surface area contributed by atoms with Gasteiger partial charge in [-0.3, -0.25) is 14.9 Å². The van der Waals surface area contributed by atoms with Crippen molar-refractivity contribution in [3.8, 4) is 17.2 Å². The Morgan fingerprint density at radius 2 is 1.79 bits per heavy atom. The van der Waals surface area contributed by atoms with E-state index in [1.165, 1.54) is 6.08 Å². The van der Waals surface area contributed by atoms with E-state index in [-0.39, 0.29) is 12.4 Å². The molecule has 0 aromatic heterocycles. The van der Waals surface area contributed by atoms with Crippen molar-refractivity contribution >= 4 is 29.6 Å². The van der Waals surface area contributed by atoms with Gasteiger partial charge in [-0.05, 0) is 90.6 Å². The summed E-state index contributed by atoms with van der Waals surface area (Å²) in [4.78, 5) is 39.4. The van der Waals surface area contributed by atoms with E-state index in [4.69, 9.17) is 14.2 Å². The Labute approximate surface area is 220 Å². The molecule has 8 nitrogen and oxygen atoms in total. The number of rotatable bonds is 7. The van der Waals surface area contributed by atoms with Gasteiger partial charge >= 0.3 is 6.03 Å². The fourth-order valence-electron chi connectivity index (χ4n) is 4.26. The van der Waals surface area contributed by atoms with E-state index < -0.39 is 17.8 Å². The molecule has 2 heterocycles. The molecule has 0 saturated carbocycles. The first kappa shape index (κ1) is 24.8. The van der Waals surface area contributed by atoms with Crippen molar-refractivity contribution in [2.75, 3.05) is 11.7 Å². The minimum Gasteiger partial charge on any atom is -0.489 e. The van der Waals surface area contributed by atoms with Crippen molar-refractivity contribution < 1.29 is 28.6 Å². The normalized spacial score (nSPS) is 15.6. The number of carbonyl (C=O) groups is 3. The van der Waals surface area contributed by atoms with Crippen LogP contribution in [-0.4, -0.2) is 24.6 Å². The van der Waals surface area contributed by atoms with Crippen LogP contribution in [0.4, 0.5) is 10.5 Å². The third-order valence-electron chi connectivity index (χ3n) is 6.44. The van der Waals surface area contributed by atoms with Crippen molar-refractivity contribution in [2.24, 2.45) is 0 Å². The van der Waals surface area contributed by atoms with Gasteiger partial charge in [0.05, 0.1) is 5.69 Å². The lowest BCUT2D eigenvalue weighted by Gasteiger charge is -2.27. The Hall–Kier alpha value is -4.85. The van der Waals surface area contributed by atoms with E-state index in [1.54, 1.807) is 30.3 Å². The number of barbiturate groups is 1. The van der Waals surface area contributed by atoms with E-state index in [2.05, 4.69) is 11.9 Å². The summed E-state index contributed by atoms with van der Waals surface area (Å²) in [6, 6.07) is 15.5. The standard InChI is InChI=1S/C30H26N2O6/c1-4-5-22-13-20(7-10-25(22)36-16-21-8-11-26-27(15-21)38-17-37-26)14-24-28(33)31-30(35)32(29(24)34)23-9-6-18(2)19(3)12-23/h4,6-15H,1,5,16-17H2,2-3H3,(H,31,33,35)/b24-14+. The minimum absolute atomic E-state index is 0.138. The third-order valence-corrected chi connectivity index (χ3v) is 6.44. The molecule has 2 aliphatic heterocycles. The zero-order chi connectivity index (χ0) is 26.8. The van der Waals surface area contributed by atoms with Gasteiger partial charge < -0.3 is 14.2 Å². The number of allylic oxidation sites excluding steroid dienone is 1. The molecule has 3 aromatic rings. The molecule has 1 N–H and O–H groups in total. The number of anilines is 1. The first-order valence-electron chi connectivity index (χ1n) is 12.1. The number of nitrogens with zero attached hydrogens (tertiary/aromatic N) is 1. The Morgan fingerprint density at radius 1 is 0.974 bits per heavy atom. The second-order valence-corrected chi connectivity index (χ2v) is 9.06. The highest BCUT2D eigenvalue weighted by Gasteiger charge is 2.37. The minimum atomic E-state index is -0.778. The van der Waals surface area contributed by atoms with Crippen LogP contribution in [0.25, 0.3) is 6.08 Å². The molecule has 0 atom stereocenters. The first-order valence-corrected chi connectivity index (χ1v) is 12.1. The van der Waals surface area contributed by atoms with Crippen LogP contribution in [0, 0.1) is 13.8 Å². The summed E-state index contributed by atoms with van der Waals surface area (Å²) < 4.78 is 16.9. The van der Waals surface area contributed by atoms with E-state index in [1.807, 2.05) is 44.2 Å². The first-order chi connectivity index (χ1) is 18.3. The van der Waals surface area contributed by atoms with Crippen LogP contribution >= 0.6 is 0 Å². The largest absolute Gasteiger partial charge is 0.489 e. The van der Waals surface area contributed by atoms with Gasteiger partial charge in [0.15, 0.2) is 11.5 Å². The summed E-state index contributed by atoms with van der Waals surface area (Å²) in [6.07, 6.45) is 3.74. The maximum Gasteiger partial charge on any atom is 0.335 e. The number of nitrogens with one attached hydrogen (secondary N) is 1. The molecule has 8 heteroatoms. The lowest BCUT2D eigenvalue weighted by molar-refractivity contribution is -0.122. The molecule has 1 saturated heterocycles. The van der Waals surface area contributed by atoms with Crippen LogP contribution in [0.3, 0.4) is 0 Å². The maximum absolute atomic E-state index is 13.3. The van der Waals surface area contributed by atoms with E-state index in [0.29, 0.717) is 41.5 Å². The number of amides is 4. The molecule has 0 aliphatic carbocycles. The molecule has 0 bridgehead atoms. The summed E-state index contributed by atoms with van der Waals surface area (Å²) in [7, 11) is 0. The Kier molecular flexibility index (Phi) is 6.70. The number of fused-ring (bicyclic) bond motifs is 1. The summed E-state index contributed by atoms with van der Waals surface area (Å²) >= 11 is 0. The summed E-state index contributed by atoms with van der Waals surface area (Å²) in [5.41, 5.74) is 4.59. The molecule has 1 fully saturated rings. The fourth-order valence-corrected chi connectivity index (χ4v) is 4.26. The van der Waals surface area contributed by atoms with Crippen LogP contribution in [-0.2, 0) is 22.6 Å². The molecule has 0 spiro atoms. The lowest BCUT2D eigenvalue weighted by atomic mass is 10.0. The van der Waals surface area contributed by atoms with Gasteiger partial charge in [0, 0.05) is 0 Å². The number of carbonyl (C=O) groups excluding carboxylic acids is 3. The van der Waals surface area contributed by atoms with Gasteiger partial charge in [0.1, 0.15) is 17.9 Å². The van der Waals surface area contributed by atoms with Crippen molar-refractivity contribution in [3.63, 3.8) is 0 Å². The fraction of sp³-hybridized carbons (Fsp3) is 0.167. The highest BCUT2D eigenvalue weighted by atomic mass is 16.7. The van der Waals surface area contributed by atoms with Crippen molar-refractivity contribution in [1.82, 2.24) is 5.32 Å². The molecule has 38 heavy (non-hydrogen) atoms. The molecule has 5 rings (SSSR count). The van der Waals surface area contributed by atoms with Gasteiger partial charge in [0.25, 0.3) is 11.8 Å². The molecule has 2 aliphatic rings. The molecule has 192 valence electrons. The monoisotopic (exact) mass is 510 g/mol. The average molecular weight is 511 g/mol. The summed E-state index contributed by atoms with van der Waals surface area (Å²) in [5, 5.41) is 2.27. The summed E-state index contributed by atoms with van der Waals surface area (Å²) in [6.45, 7) is 8.18. The molecule has 4 amide bonds. The van der Waals surface area contributed by atoms with Gasteiger partial charge in [-0.1, -0.05) is 24.3 Å². The quantitative estimate of drug-likeness (QED) is 0.273. The molecule has 0 radical (unpaired) electrons. The lowest BCUT2D eigenvalue weighted by Crippen LogP contribution is -2.54. The molecule has 0 unspecified atom stereocenters. The molecule has 3 aromatic carbocycles. The molecular weight excluding hydrogens is 484 g/mol. The van der Waals surface area contributed by atoms with Crippen molar-refractivity contribution in [2.45, 2.75) is 26.9 Å². The topological polar surface area (TPSA) is 94.2 Å². The highest BCUT2D eigenvalue weighted by molar-refractivity contribution is 6.39. The molecular formula is C30H26N2O6. The number of benzene rings is 3. The van der Waals surface area contributed by atoms with Gasteiger partial charge in [-0.2, -0.15) is 0 Å². The number of hydrogen-bond donors (Lipinski definition) is 1. The van der Waals surface area contributed by atoms with E-state index in [0.717, 1.165) is 27.2 Å². The van der Waals surface area contributed by atoms with E-state index >= 15 is 0 Å². The van der Waals surface area contributed by atoms with Gasteiger partial charge in [-0.25, -0.2) is 9.69 Å². The van der Waals surface area contributed by atoms with Crippen LogP contribution in [0.15, 0.2) is 72.8 Å². The predicted molar refractivity (Wildman–Crippen MR) is 142 cm³/mol. The second-order valence-electron chi connectivity index (χ2n) is 9.06. The van der Waals surface area contributed by atoms with Crippen LogP contribution in [0.5, 0.6) is 17.2 Å². The Morgan fingerprint density at radius 3 is 2.58 bits per heavy atom. The number of aryl methyl sites for hydroxylation is 2. The number of ether oxygens (including phenoxy) is 3. The predicted octanol–water partition coefficient (Wildman–Crippen LogP) is 5.01. The van der Waals surface area contributed by atoms with Crippen LogP contribution in [0.2, 0.25) is 0 Å². The number of imide groups is 2. The van der Waals surface area contributed by atoms with E-state index in [9.17, 15) is 14.4 Å². The number of urea groups is 1. The zero-order valence-corrected chi connectivity index (χ0v) is 21.1. The summed E-state index contributed by atoms with van der Waals surface area (Å²) in [5.74, 6) is 0.612. The van der Waals surface area contributed by atoms with Crippen molar-refractivity contribution in [1.29, 1.82) is 0 Å². The maximum atomic E-state index is 13.3. The van der Waals surface area contributed by atoms with Gasteiger partial charge in [0.2, 0.25) is 6.79 Å². The highest BCUT2D eigenvalue weighted by Crippen LogP contribution is 2.33. The van der Waals surface area contributed by atoms with Crippen molar-refractivity contribution in [3.05, 3.63) is 101 Å². The zero-order valence-electron chi connectivity index (χ0n) is 21.1. The average Bonchev–Trinajstić information content (AvgIpc) is 3.36. The van der Waals surface area contributed by atoms with Gasteiger partial charge in [-0.15, -0.1) is 6.58 Å². The number of hydrogen-bond acceptors (Lipinski definition) is 6. The van der Waals surface area contributed by atoms with Crippen LogP contribution < -0.4 is 24.4 Å². The second kappa shape index (κ2) is 10.3. The Bertz CT molecular complexity index is 1510. The third kappa shape index (κ3) is 4.88. The smallest absolute Gasteiger partial charge is 0.335 e. The Balaban J connectivity index is 1.40.